The van der Waals surface area contributed by atoms with Gasteiger partial charge in [-0.15, -0.1) is 0 Å². The summed E-state index contributed by atoms with van der Waals surface area (Å²) in [6.07, 6.45) is 0.814. The molecule has 0 heterocycles. The SMILES string of the molecule is CCOC(C)OCC.O=Cc1ccccc1COc1ccccc1.OCCO. The van der Waals surface area contributed by atoms with Gasteiger partial charge in [-0.05, 0) is 38.5 Å². The van der Waals surface area contributed by atoms with Gasteiger partial charge in [-0.25, -0.2) is 0 Å². The number of aliphatic hydroxyl groups is 2. The Hall–Kier alpha value is -2.25. The van der Waals surface area contributed by atoms with Crippen LogP contribution in [-0.2, 0) is 16.1 Å². The van der Waals surface area contributed by atoms with E-state index in [2.05, 4.69) is 0 Å². The minimum absolute atomic E-state index is 0.0370. The summed E-state index contributed by atoms with van der Waals surface area (Å²) in [4.78, 5) is 10.8. The molecule has 156 valence electrons. The molecule has 2 rings (SSSR count). The molecule has 0 aliphatic rings. The number of ether oxygens (including phenoxy) is 3. The summed E-state index contributed by atoms with van der Waals surface area (Å²) in [6, 6.07) is 17.0. The van der Waals surface area contributed by atoms with E-state index in [1.807, 2.05) is 69.3 Å². The van der Waals surface area contributed by atoms with Gasteiger partial charge in [0.05, 0.1) is 13.2 Å². The van der Waals surface area contributed by atoms with Crippen molar-refractivity contribution in [1.82, 2.24) is 0 Å². The van der Waals surface area contributed by atoms with Crippen LogP contribution in [0, 0.1) is 0 Å². The van der Waals surface area contributed by atoms with E-state index in [0.29, 0.717) is 12.2 Å². The fourth-order valence-corrected chi connectivity index (χ4v) is 1.98. The monoisotopic (exact) mass is 392 g/mol. The Morgan fingerprint density at radius 1 is 0.893 bits per heavy atom. The van der Waals surface area contributed by atoms with E-state index in [0.717, 1.165) is 30.8 Å². The number of aldehydes is 1. The molecular weight excluding hydrogens is 360 g/mol. The summed E-state index contributed by atoms with van der Waals surface area (Å²) in [5.41, 5.74) is 1.58. The molecule has 6 heteroatoms. The maximum absolute atomic E-state index is 10.8. The Morgan fingerprint density at radius 3 is 1.93 bits per heavy atom. The second-order valence-electron chi connectivity index (χ2n) is 5.34. The average molecular weight is 392 g/mol. The normalized spacial score (nSPS) is 9.64. The second-order valence-corrected chi connectivity index (χ2v) is 5.34. The maximum atomic E-state index is 10.8. The zero-order valence-electron chi connectivity index (χ0n) is 16.9. The number of carbonyl (C=O) groups excluding carboxylic acids is 1. The first-order valence-corrected chi connectivity index (χ1v) is 9.28. The summed E-state index contributed by atoms with van der Waals surface area (Å²) in [6.45, 7) is 7.42. The molecule has 0 amide bonds. The third-order valence-corrected chi connectivity index (χ3v) is 3.22. The Balaban J connectivity index is 0.000000511. The zero-order valence-corrected chi connectivity index (χ0v) is 16.9. The molecule has 0 saturated heterocycles. The van der Waals surface area contributed by atoms with Crippen molar-refractivity contribution in [1.29, 1.82) is 0 Å². The van der Waals surface area contributed by atoms with Crippen LogP contribution in [0.2, 0.25) is 0 Å². The largest absolute Gasteiger partial charge is 0.489 e. The first kappa shape index (κ1) is 25.8. The van der Waals surface area contributed by atoms with Crippen LogP contribution in [0.25, 0.3) is 0 Å². The lowest BCUT2D eigenvalue weighted by Crippen LogP contribution is -2.11. The van der Waals surface area contributed by atoms with Crippen LogP contribution in [0.5, 0.6) is 5.75 Å². The molecule has 0 radical (unpaired) electrons. The topological polar surface area (TPSA) is 85.2 Å². The van der Waals surface area contributed by atoms with E-state index in [1.54, 1.807) is 6.07 Å². The van der Waals surface area contributed by atoms with E-state index >= 15 is 0 Å². The van der Waals surface area contributed by atoms with Crippen molar-refractivity contribution >= 4 is 6.29 Å². The van der Waals surface area contributed by atoms with Gasteiger partial charge in [-0.2, -0.15) is 0 Å². The molecule has 0 aliphatic carbocycles. The minimum atomic E-state index is -0.125. The fraction of sp³-hybridized carbons (Fsp3) is 0.409. The predicted molar refractivity (Wildman–Crippen MR) is 109 cm³/mol. The smallest absolute Gasteiger partial charge is 0.154 e. The summed E-state index contributed by atoms with van der Waals surface area (Å²) < 4.78 is 15.7. The standard InChI is InChI=1S/C14H12O2.C6H14O2.C2H6O2/c15-10-12-6-4-5-7-13(12)11-16-14-8-2-1-3-9-14;1-4-7-6(3)8-5-2;3-1-2-4/h1-10H,11H2;6H,4-5H2,1-3H3;3-4H,1-2H2. The lowest BCUT2D eigenvalue weighted by atomic mass is 10.1. The molecule has 0 saturated carbocycles. The molecule has 28 heavy (non-hydrogen) atoms. The van der Waals surface area contributed by atoms with Crippen LogP contribution >= 0.6 is 0 Å². The Bertz CT molecular complexity index is 595. The van der Waals surface area contributed by atoms with E-state index in [4.69, 9.17) is 24.4 Å². The Kier molecular flexibility index (Phi) is 16.7. The van der Waals surface area contributed by atoms with Crippen molar-refractivity contribution in [2.75, 3.05) is 26.4 Å². The minimum Gasteiger partial charge on any atom is -0.489 e. The molecule has 0 fully saturated rings. The van der Waals surface area contributed by atoms with E-state index in [-0.39, 0.29) is 19.5 Å². The molecule has 0 bridgehead atoms. The van der Waals surface area contributed by atoms with Gasteiger partial charge < -0.3 is 24.4 Å². The molecule has 2 aromatic carbocycles. The third kappa shape index (κ3) is 13.0. The first-order valence-electron chi connectivity index (χ1n) is 9.28. The van der Waals surface area contributed by atoms with Crippen molar-refractivity contribution in [3.63, 3.8) is 0 Å². The Labute approximate surface area is 167 Å². The van der Waals surface area contributed by atoms with Crippen molar-refractivity contribution < 1.29 is 29.2 Å². The summed E-state index contributed by atoms with van der Waals surface area (Å²) in [5, 5.41) is 15.2. The number of benzene rings is 2. The Morgan fingerprint density at radius 2 is 1.43 bits per heavy atom. The van der Waals surface area contributed by atoms with Crippen molar-refractivity contribution in [2.24, 2.45) is 0 Å². The summed E-state index contributed by atoms with van der Waals surface area (Å²) in [5.74, 6) is 0.809. The lowest BCUT2D eigenvalue weighted by Gasteiger charge is -2.09. The van der Waals surface area contributed by atoms with Crippen molar-refractivity contribution in [2.45, 2.75) is 33.7 Å². The number of aliphatic hydroxyl groups excluding tert-OH is 2. The molecule has 0 aromatic heterocycles. The second kappa shape index (κ2) is 18.1. The number of carbonyl (C=O) groups is 1. The summed E-state index contributed by atoms with van der Waals surface area (Å²) in [7, 11) is 0. The van der Waals surface area contributed by atoms with E-state index in [9.17, 15) is 4.79 Å². The molecule has 0 unspecified atom stereocenters. The highest BCUT2D eigenvalue weighted by atomic mass is 16.7. The van der Waals surface area contributed by atoms with Crippen molar-refractivity contribution in [3.8, 4) is 5.75 Å². The zero-order chi connectivity index (χ0) is 21.0. The number of para-hydroxylation sites is 1. The van der Waals surface area contributed by atoms with Gasteiger partial charge in [0.15, 0.2) is 6.29 Å². The highest BCUT2D eigenvalue weighted by Crippen LogP contribution is 2.13. The molecule has 0 spiro atoms. The van der Waals surface area contributed by atoms with E-state index in [1.165, 1.54) is 0 Å². The van der Waals surface area contributed by atoms with Gasteiger partial charge in [-0.3, -0.25) is 4.79 Å². The van der Waals surface area contributed by atoms with Gasteiger partial charge in [0.2, 0.25) is 0 Å². The van der Waals surface area contributed by atoms with Crippen LogP contribution in [0.15, 0.2) is 54.6 Å². The van der Waals surface area contributed by atoms with Gasteiger partial charge in [0.25, 0.3) is 0 Å². The summed E-state index contributed by atoms with van der Waals surface area (Å²) >= 11 is 0. The maximum Gasteiger partial charge on any atom is 0.154 e. The third-order valence-electron chi connectivity index (χ3n) is 3.22. The van der Waals surface area contributed by atoms with Crippen LogP contribution < -0.4 is 4.74 Å². The molecule has 0 atom stereocenters. The van der Waals surface area contributed by atoms with Gasteiger partial charge in [0, 0.05) is 18.8 Å². The van der Waals surface area contributed by atoms with Crippen LogP contribution in [0.3, 0.4) is 0 Å². The molecule has 2 N–H and O–H groups in total. The number of hydrogen-bond acceptors (Lipinski definition) is 6. The van der Waals surface area contributed by atoms with Crippen LogP contribution in [-0.4, -0.2) is 49.2 Å². The highest BCUT2D eigenvalue weighted by molar-refractivity contribution is 5.77. The highest BCUT2D eigenvalue weighted by Gasteiger charge is 2.00. The van der Waals surface area contributed by atoms with Crippen LogP contribution in [0.4, 0.5) is 0 Å². The molecule has 6 nitrogen and oxygen atoms in total. The molecule has 0 aliphatic heterocycles. The first-order chi connectivity index (χ1) is 13.6. The molecule has 2 aromatic rings. The van der Waals surface area contributed by atoms with Gasteiger partial charge >= 0.3 is 0 Å². The fourth-order valence-electron chi connectivity index (χ4n) is 1.98. The van der Waals surface area contributed by atoms with Crippen LogP contribution in [0.1, 0.15) is 36.7 Å². The van der Waals surface area contributed by atoms with Gasteiger partial charge in [-0.1, -0.05) is 42.5 Å². The number of hydrogen-bond donors (Lipinski definition) is 2. The predicted octanol–water partition coefficient (Wildman–Crippen LogP) is 3.45. The quantitative estimate of drug-likeness (QED) is 0.502. The lowest BCUT2D eigenvalue weighted by molar-refractivity contribution is -0.123. The van der Waals surface area contributed by atoms with E-state index < -0.39 is 0 Å². The van der Waals surface area contributed by atoms with Gasteiger partial charge in [0.1, 0.15) is 18.6 Å². The van der Waals surface area contributed by atoms with Crippen molar-refractivity contribution in [3.05, 3.63) is 65.7 Å². The number of rotatable bonds is 9. The molecular formula is C22H32O6. The average Bonchev–Trinajstić information content (AvgIpc) is 2.74.